The lowest BCUT2D eigenvalue weighted by Crippen LogP contribution is -2.52. The molecule has 1 aromatic rings. The predicted molar refractivity (Wildman–Crippen MR) is 70.7 cm³/mol. The van der Waals surface area contributed by atoms with E-state index in [1.54, 1.807) is 11.6 Å². The summed E-state index contributed by atoms with van der Waals surface area (Å²) < 4.78 is 1.68. The van der Waals surface area contributed by atoms with Gasteiger partial charge in [-0.05, 0) is 27.2 Å². The van der Waals surface area contributed by atoms with Gasteiger partial charge in [0.2, 0.25) is 0 Å². The second-order valence-corrected chi connectivity index (χ2v) is 5.76. The molecule has 1 atom stereocenters. The van der Waals surface area contributed by atoms with Crippen LogP contribution < -0.4 is 5.32 Å². The summed E-state index contributed by atoms with van der Waals surface area (Å²) in [4.78, 5) is 15.4. The summed E-state index contributed by atoms with van der Waals surface area (Å²) in [5, 5.41) is 17.1. The Balaban J connectivity index is 2.53. The topological polar surface area (TPSA) is 80.0 Å². The Morgan fingerprint density at radius 1 is 1.67 bits per heavy atom. The smallest absolute Gasteiger partial charge is 0.323 e. The van der Waals surface area contributed by atoms with Crippen molar-refractivity contribution in [2.75, 3.05) is 5.75 Å². The third-order valence-corrected chi connectivity index (χ3v) is 3.62. The molecule has 18 heavy (non-hydrogen) atoms. The molecule has 0 bridgehead atoms. The number of hydrogen-bond donors (Lipinski definition) is 2. The molecular weight excluding hydrogens is 252 g/mol. The average molecular weight is 272 g/mol. The fraction of sp³-hybridized carbons (Fsp3) is 0.727. The van der Waals surface area contributed by atoms with Gasteiger partial charge in [0.05, 0.1) is 0 Å². The molecule has 1 aromatic heterocycles. The van der Waals surface area contributed by atoms with Crippen molar-refractivity contribution in [1.82, 2.24) is 20.1 Å². The second kappa shape index (κ2) is 6.19. The Kier molecular flexibility index (Phi) is 5.15. The first kappa shape index (κ1) is 15.0. The lowest BCUT2D eigenvalue weighted by Gasteiger charge is -2.28. The number of hydrogen-bond acceptors (Lipinski definition) is 5. The van der Waals surface area contributed by atoms with E-state index in [1.165, 1.54) is 18.1 Å². The van der Waals surface area contributed by atoms with Gasteiger partial charge in [0.15, 0.2) is 5.16 Å². The number of nitrogens with one attached hydrogen (secondary N) is 1. The van der Waals surface area contributed by atoms with Gasteiger partial charge in [-0.15, -0.1) is 0 Å². The highest BCUT2D eigenvalue weighted by Crippen LogP contribution is 2.20. The summed E-state index contributed by atoms with van der Waals surface area (Å²) in [5.74, 6) is -0.149. The number of aryl methyl sites for hydroxylation is 1. The molecule has 1 unspecified atom stereocenters. The quantitative estimate of drug-likeness (QED) is 0.725. The highest BCUT2D eigenvalue weighted by Gasteiger charge is 2.33. The number of aromatic nitrogens is 3. The van der Waals surface area contributed by atoms with Crippen molar-refractivity contribution < 1.29 is 9.90 Å². The minimum absolute atomic E-state index is 0.130. The molecule has 0 aliphatic carbocycles. The van der Waals surface area contributed by atoms with Crippen LogP contribution in [0, 0.1) is 0 Å². The molecule has 0 radical (unpaired) electrons. The first-order valence-corrected chi connectivity index (χ1v) is 6.81. The number of carboxylic acid groups (broad SMARTS) is 1. The van der Waals surface area contributed by atoms with Crippen molar-refractivity contribution in [3.63, 3.8) is 0 Å². The SMILES string of the molecule is CC(C)NC(C)(CCSc1ncnn1C)C(=O)O. The van der Waals surface area contributed by atoms with E-state index in [0.717, 1.165) is 5.16 Å². The van der Waals surface area contributed by atoms with E-state index in [0.29, 0.717) is 12.2 Å². The highest BCUT2D eigenvalue weighted by atomic mass is 32.2. The maximum atomic E-state index is 11.3. The Morgan fingerprint density at radius 3 is 2.78 bits per heavy atom. The van der Waals surface area contributed by atoms with Gasteiger partial charge >= 0.3 is 5.97 Å². The molecular formula is C11H20N4O2S. The number of nitrogens with zero attached hydrogens (tertiary/aromatic N) is 3. The zero-order valence-corrected chi connectivity index (χ0v) is 12.0. The van der Waals surface area contributed by atoms with Gasteiger partial charge in [0.25, 0.3) is 0 Å². The maximum absolute atomic E-state index is 11.3. The molecule has 0 amide bonds. The predicted octanol–water partition coefficient (Wildman–Crippen LogP) is 1.14. The lowest BCUT2D eigenvalue weighted by atomic mass is 9.98. The molecule has 0 aromatic carbocycles. The zero-order valence-electron chi connectivity index (χ0n) is 11.2. The average Bonchev–Trinajstić information content (AvgIpc) is 2.63. The van der Waals surface area contributed by atoms with Crippen LogP contribution >= 0.6 is 11.8 Å². The van der Waals surface area contributed by atoms with E-state index in [4.69, 9.17) is 0 Å². The molecule has 7 heteroatoms. The highest BCUT2D eigenvalue weighted by molar-refractivity contribution is 7.99. The summed E-state index contributed by atoms with van der Waals surface area (Å²) in [6.07, 6.45) is 2.02. The molecule has 102 valence electrons. The van der Waals surface area contributed by atoms with Crippen LogP contribution in [0.25, 0.3) is 0 Å². The number of rotatable bonds is 7. The summed E-state index contributed by atoms with van der Waals surface area (Å²) in [6, 6.07) is 0.130. The third kappa shape index (κ3) is 3.99. The van der Waals surface area contributed by atoms with Crippen LogP contribution in [0.2, 0.25) is 0 Å². The Morgan fingerprint density at radius 2 is 2.33 bits per heavy atom. The fourth-order valence-electron chi connectivity index (χ4n) is 1.64. The maximum Gasteiger partial charge on any atom is 0.323 e. The molecule has 0 spiro atoms. The van der Waals surface area contributed by atoms with Crippen LogP contribution in [0.5, 0.6) is 0 Å². The standard InChI is InChI=1S/C11H20N4O2S/c1-8(2)14-11(3,9(16)17)5-6-18-10-12-7-13-15(10)4/h7-8,14H,5-6H2,1-4H3,(H,16,17). The Labute approximate surface area is 111 Å². The van der Waals surface area contributed by atoms with E-state index in [1.807, 2.05) is 20.9 Å². The molecule has 0 aliphatic rings. The first-order chi connectivity index (χ1) is 8.35. The number of thioether (sulfide) groups is 1. The van der Waals surface area contributed by atoms with Crippen molar-refractivity contribution in [2.45, 2.75) is 43.9 Å². The molecule has 0 fully saturated rings. The van der Waals surface area contributed by atoms with E-state index in [-0.39, 0.29) is 6.04 Å². The molecule has 0 aliphatic heterocycles. The van der Waals surface area contributed by atoms with Gasteiger partial charge in [0, 0.05) is 18.8 Å². The van der Waals surface area contributed by atoms with Gasteiger partial charge < -0.3 is 5.11 Å². The van der Waals surface area contributed by atoms with Crippen LogP contribution in [0.1, 0.15) is 27.2 Å². The second-order valence-electron chi connectivity index (χ2n) is 4.70. The summed E-state index contributed by atoms with van der Waals surface area (Å²) in [5.41, 5.74) is -0.903. The van der Waals surface area contributed by atoms with Gasteiger partial charge in [-0.2, -0.15) is 5.10 Å². The number of aliphatic carboxylic acids is 1. The molecule has 0 saturated carbocycles. The van der Waals surface area contributed by atoms with Gasteiger partial charge in [-0.25, -0.2) is 9.67 Å². The van der Waals surface area contributed by atoms with Crippen molar-refractivity contribution in [1.29, 1.82) is 0 Å². The molecule has 6 nitrogen and oxygen atoms in total. The van der Waals surface area contributed by atoms with Crippen LogP contribution in [0.4, 0.5) is 0 Å². The zero-order chi connectivity index (χ0) is 13.8. The van der Waals surface area contributed by atoms with Gasteiger partial charge in [0.1, 0.15) is 11.9 Å². The van der Waals surface area contributed by atoms with Crippen molar-refractivity contribution in [3.8, 4) is 0 Å². The van der Waals surface area contributed by atoms with Crippen LogP contribution in [0.3, 0.4) is 0 Å². The summed E-state index contributed by atoms with van der Waals surface area (Å²) in [7, 11) is 1.82. The fourth-order valence-corrected chi connectivity index (χ4v) is 2.69. The normalized spacial score (nSPS) is 14.7. The Bertz CT molecular complexity index is 408. The van der Waals surface area contributed by atoms with Crippen LogP contribution in [-0.4, -0.2) is 43.2 Å². The largest absolute Gasteiger partial charge is 0.480 e. The summed E-state index contributed by atoms with van der Waals surface area (Å²) >= 11 is 1.51. The van der Waals surface area contributed by atoms with E-state index >= 15 is 0 Å². The van der Waals surface area contributed by atoms with Gasteiger partial charge in [-0.3, -0.25) is 10.1 Å². The van der Waals surface area contributed by atoms with Gasteiger partial charge in [-0.1, -0.05) is 11.8 Å². The Hall–Kier alpha value is -1.08. The minimum atomic E-state index is -0.903. The van der Waals surface area contributed by atoms with Crippen molar-refractivity contribution in [2.24, 2.45) is 7.05 Å². The van der Waals surface area contributed by atoms with Crippen LogP contribution in [0.15, 0.2) is 11.5 Å². The number of carboxylic acids is 1. The van der Waals surface area contributed by atoms with E-state index in [2.05, 4.69) is 15.4 Å². The molecule has 1 heterocycles. The molecule has 2 N–H and O–H groups in total. The summed E-state index contributed by atoms with van der Waals surface area (Å²) in [6.45, 7) is 5.60. The van der Waals surface area contributed by atoms with E-state index < -0.39 is 11.5 Å². The van der Waals surface area contributed by atoms with E-state index in [9.17, 15) is 9.90 Å². The first-order valence-electron chi connectivity index (χ1n) is 5.83. The third-order valence-electron chi connectivity index (χ3n) is 2.58. The number of carbonyl (C=O) groups is 1. The van der Waals surface area contributed by atoms with Crippen molar-refractivity contribution >= 4 is 17.7 Å². The minimum Gasteiger partial charge on any atom is -0.480 e. The van der Waals surface area contributed by atoms with Crippen molar-refractivity contribution in [3.05, 3.63) is 6.33 Å². The van der Waals surface area contributed by atoms with Crippen LogP contribution in [-0.2, 0) is 11.8 Å². The molecule has 0 saturated heterocycles. The molecule has 1 rings (SSSR count). The monoisotopic (exact) mass is 272 g/mol. The lowest BCUT2D eigenvalue weighted by molar-refractivity contribution is -0.144.